The van der Waals surface area contributed by atoms with Gasteiger partial charge < -0.3 is 10.4 Å². The summed E-state index contributed by atoms with van der Waals surface area (Å²) in [7, 11) is 0. The van der Waals surface area contributed by atoms with Crippen LogP contribution in [-0.2, 0) is 0 Å². The molecular formula is C17H20FNO2. The molecule has 1 aliphatic rings. The van der Waals surface area contributed by atoms with Crippen molar-refractivity contribution >= 4 is 5.91 Å². The molecule has 3 nitrogen and oxygen atoms in total. The molecule has 1 aromatic carbocycles. The van der Waals surface area contributed by atoms with Gasteiger partial charge in [-0.15, -0.1) is 0 Å². The van der Waals surface area contributed by atoms with E-state index in [1.807, 2.05) is 6.92 Å². The molecule has 1 atom stereocenters. The van der Waals surface area contributed by atoms with Gasteiger partial charge in [-0.1, -0.05) is 31.6 Å². The van der Waals surface area contributed by atoms with Gasteiger partial charge in [0, 0.05) is 11.6 Å². The molecule has 1 unspecified atom stereocenters. The molecule has 0 bridgehead atoms. The van der Waals surface area contributed by atoms with Gasteiger partial charge in [0.15, 0.2) is 0 Å². The number of aliphatic hydroxyl groups is 1. The third-order valence-electron chi connectivity index (χ3n) is 3.68. The Morgan fingerprint density at radius 2 is 2.29 bits per heavy atom. The van der Waals surface area contributed by atoms with Crippen LogP contribution in [0.15, 0.2) is 18.2 Å². The van der Waals surface area contributed by atoms with Gasteiger partial charge in [-0.25, -0.2) is 4.39 Å². The quantitative estimate of drug-likeness (QED) is 0.818. The molecule has 4 heteroatoms. The van der Waals surface area contributed by atoms with Crippen LogP contribution >= 0.6 is 0 Å². The minimum Gasteiger partial charge on any atom is -0.384 e. The molecule has 0 aromatic heterocycles. The van der Waals surface area contributed by atoms with Gasteiger partial charge in [-0.05, 0) is 37.0 Å². The smallest absolute Gasteiger partial charge is 0.251 e. The van der Waals surface area contributed by atoms with Crippen LogP contribution < -0.4 is 5.32 Å². The number of rotatable bonds is 5. The molecule has 0 radical (unpaired) electrons. The Morgan fingerprint density at radius 3 is 2.86 bits per heavy atom. The number of hydrogen-bond acceptors (Lipinski definition) is 2. The number of halogens is 1. The maximum Gasteiger partial charge on any atom is 0.251 e. The standard InChI is InChI=1S/C17H20FNO2/c1-2-15(10-12-5-6-12)19-17(21)14-8-7-13(4-3-9-20)16(18)11-14/h7-8,11-12,15,20H,2,5-6,9-10H2,1H3,(H,19,21). The van der Waals surface area contributed by atoms with Crippen LogP contribution in [0.5, 0.6) is 0 Å². The summed E-state index contributed by atoms with van der Waals surface area (Å²) >= 11 is 0. The molecule has 112 valence electrons. The first-order valence-electron chi connectivity index (χ1n) is 7.34. The third kappa shape index (κ3) is 4.57. The Balaban J connectivity index is 2.02. The van der Waals surface area contributed by atoms with Gasteiger partial charge in [-0.3, -0.25) is 4.79 Å². The molecule has 1 saturated carbocycles. The Labute approximate surface area is 124 Å². The molecule has 0 aliphatic heterocycles. The lowest BCUT2D eigenvalue weighted by atomic mass is 10.1. The van der Waals surface area contributed by atoms with E-state index < -0.39 is 5.82 Å². The highest BCUT2D eigenvalue weighted by molar-refractivity contribution is 5.94. The summed E-state index contributed by atoms with van der Waals surface area (Å²) < 4.78 is 13.8. The van der Waals surface area contributed by atoms with Crippen LogP contribution in [0.4, 0.5) is 4.39 Å². The molecular weight excluding hydrogens is 269 g/mol. The van der Waals surface area contributed by atoms with Crippen molar-refractivity contribution < 1.29 is 14.3 Å². The van der Waals surface area contributed by atoms with Gasteiger partial charge in [0.25, 0.3) is 5.91 Å². The largest absolute Gasteiger partial charge is 0.384 e. The molecule has 1 aromatic rings. The number of carbonyl (C=O) groups is 1. The van der Waals surface area contributed by atoms with Crippen molar-refractivity contribution in [1.82, 2.24) is 5.32 Å². The van der Waals surface area contributed by atoms with E-state index in [-0.39, 0.29) is 24.1 Å². The lowest BCUT2D eigenvalue weighted by molar-refractivity contribution is 0.0932. The Morgan fingerprint density at radius 1 is 1.52 bits per heavy atom. The van der Waals surface area contributed by atoms with Gasteiger partial charge in [0.2, 0.25) is 0 Å². The molecule has 2 N–H and O–H groups in total. The number of carbonyl (C=O) groups excluding carboxylic acids is 1. The Bertz CT molecular complexity index is 570. The van der Waals surface area contributed by atoms with E-state index in [9.17, 15) is 9.18 Å². The van der Waals surface area contributed by atoms with Crippen molar-refractivity contribution in [3.63, 3.8) is 0 Å². The van der Waals surface area contributed by atoms with Gasteiger partial charge >= 0.3 is 0 Å². The van der Waals surface area contributed by atoms with Gasteiger partial charge in [0.05, 0.1) is 5.56 Å². The average molecular weight is 289 g/mol. The summed E-state index contributed by atoms with van der Waals surface area (Å²) in [6.07, 6.45) is 4.38. The second kappa shape index (κ2) is 7.24. The zero-order valence-electron chi connectivity index (χ0n) is 12.2. The monoisotopic (exact) mass is 289 g/mol. The van der Waals surface area contributed by atoms with E-state index in [0.29, 0.717) is 5.56 Å². The van der Waals surface area contributed by atoms with E-state index in [2.05, 4.69) is 17.2 Å². The zero-order valence-corrected chi connectivity index (χ0v) is 12.2. The number of amides is 1. The molecule has 0 heterocycles. The van der Waals surface area contributed by atoms with Crippen molar-refractivity contribution in [3.05, 3.63) is 35.1 Å². The van der Waals surface area contributed by atoms with Gasteiger partial charge in [-0.2, -0.15) is 0 Å². The van der Waals surface area contributed by atoms with Crippen molar-refractivity contribution in [1.29, 1.82) is 0 Å². The van der Waals surface area contributed by atoms with E-state index >= 15 is 0 Å². The summed E-state index contributed by atoms with van der Waals surface area (Å²) in [5, 5.41) is 11.6. The lowest BCUT2D eigenvalue weighted by Gasteiger charge is -2.16. The highest BCUT2D eigenvalue weighted by Crippen LogP contribution is 2.34. The molecule has 1 aliphatic carbocycles. The molecule has 1 fully saturated rings. The van der Waals surface area contributed by atoms with Crippen LogP contribution in [0.3, 0.4) is 0 Å². The van der Waals surface area contributed by atoms with Crippen LogP contribution in [0.25, 0.3) is 0 Å². The third-order valence-corrected chi connectivity index (χ3v) is 3.68. The molecule has 0 saturated heterocycles. The van der Waals surface area contributed by atoms with E-state index in [1.165, 1.54) is 25.0 Å². The van der Waals surface area contributed by atoms with Crippen molar-refractivity contribution in [2.75, 3.05) is 6.61 Å². The highest BCUT2D eigenvalue weighted by Gasteiger charge is 2.25. The summed E-state index contributed by atoms with van der Waals surface area (Å²) in [4.78, 5) is 12.1. The molecule has 21 heavy (non-hydrogen) atoms. The molecule has 2 rings (SSSR count). The van der Waals surface area contributed by atoms with Gasteiger partial charge in [0.1, 0.15) is 12.4 Å². The normalized spacial score (nSPS) is 15.0. The van der Waals surface area contributed by atoms with Crippen LogP contribution in [0.2, 0.25) is 0 Å². The SMILES string of the molecule is CCC(CC1CC1)NC(=O)c1ccc(C#CCO)c(F)c1. The van der Waals surface area contributed by atoms with Crippen molar-refractivity contribution in [2.45, 2.75) is 38.6 Å². The zero-order chi connectivity index (χ0) is 15.2. The predicted octanol–water partition coefficient (Wildman–Crippen LogP) is 2.48. The first-order chi connectivity index (χ1) is 10.1. The van der Waals surface area contributed by atoms with E-state index in [1.54, 1.807) is 6.07 Å². The fraction of sp³-hybridized carbons (Fsp3) is 0.471. The number of benzene rings is 1. The van der Waals surface area contributed by atoms with Crippen LogP contribution in [0, 0.1) is 23.6 Å². The highest BCUT2D eigenvalue weighted by atomic mass is 19.1. The number of nitrogens with one attached hydrogen (secondary N) is 1. The Hall–Kier alpha value is -1.86. The Kier molecular flexibility index (Phi) is 5.35. The van der Waals surface area contributed by atoms with Crippen LogP contribution in [0.1, 0.15) is 48.5 Å². The van der Waals surface area contributed by atoms with E-state index in [0.717, 1.165) is 18.8 Å². The van der Waals surface area contributed by atoms with E-state index in [4.69, 9.17) is 5.11 Å². The predicted molar refractivity (Wildman–Crippen MR) is 79.3 cm³/mol. The minimum absolute atomic E-state index is 0.155. The first-order valence-corrected chi connectivity index (χ1v) is 7.34. The van der Waals surface area contributed by atoms with Crippen molar-refractivity contribution in [2.24, 2.45) is 5.92 Å². The second-order valence-corrected chi connectivity index (χ2v) is 5.41. The first kappa shape index (κ1) is 15.5. The summed E-state index contributed by atoms with van der Waals surface area (Å²) in [6, 6.07) is 4.38. The minimum atomic E-state index is -0.543. The fourth-order valence-corrected chi connectivity index (χ4v) is 2.24. The average Bonchev–Trinajstić information content (AvgIpc) is 3.29. The molecule has 0 spiro atoms. The van der Waals surface area contributed by atoms with Crippen molar-refractivity contribution in [3.8, 4) is 11.8 Å². The maximum atomic E-state index is 13.8. The molecule has 1 amide bonds. The fourth-order valence-electron chi connectivity index (χ4n) is 2.24. The second-order valence-electron chi connectivity index (χ2n) is 5.41. The number of aliphatic hydroxyl groups excluding tert-OH is 1. The topological polar surface area (TPSA) is 49.3 Å². The maximum absolute atomic E-state index is 13.8. The number of hydrogen-bond donors (Lipinski definition) is 2. The summed E-state index contributed by atoms with van der Waals surface area (Å²) in [6.45, 7) is 1.72. The lowest BCUT2D eigenvalue weighted by Crippen LogP contribution is -2.34. The summed E-state index contributed by atoms with van der Waals surface area (Å²) in [5.74, 6) is 4.85. The van der Waals surface area contributed by atoms with Crippen LogP contribution in [-0.4, -0.2) is 23.7 Å². The summed E-state index contributed by atoms with van der Waals surface area (Å²) in [5.41, 5.74) is 0.488.